The maximum Gasteiger partial charge on any atom is 0.390 e. The predicted octanol–water partition coefficient (Wildman–Crippen LogP) is 3.35. The molecule has 0 aromatic carbocycles. The van der Waals surface area contributed by atoms with Crippen LogP contribution in [-0.4, -0.2) is 18.8 Å². The summed E-state index contributed by atoms with van der Waals surface area (Å²) in [6.07, 6.45) is -3.99. The predicted molar refractivity (Wildman–Crippen MR) is 52.2 cm³/mol. The fraction of sp³-hybridized carbons (Fsp3) is 1.00. The van der Waals surface area contributed by atoms with Crippen LogP contribution in [0.5, 0.6) is 0 Å². The number of alkyl halides is 3. The second kappa shape index (κ2) is 5.01. The quantitative estimate of drug-likeness (QED) is 0.752. The average Bonchev–Trinajstić information content (AvgIpc) is 1.93. The summed E-state index contributed by atoms with van der Waals surface area (Å²) < 4.78 is 36.7. The normalized spacial score (nSPS) is 15.6. The Bertz CT molecular complexity index is 158. The van der Waals surface area contributed by atoms with E-state index in [4.69, 9.17) is 0 Å². The first-order valence-corrected chi connectivity index (χ1v) is 4.97. The van der Waals surface area contributed by atoms with Gasteiger partial charge in [-0.15, -0.1) is 0 Å². The van der Waals surface area contributed by atoms with Gasteiger partial charge in [-0.3, -0.25) is 0 Å². The van der Waals surface area contributed by atoms with E-state index in [1.165, 1.54) is 0 Å². The Morgan fingerprint density at radius 3 is 1.93 bits per heavy atom. The van der Waals surface area contributed by atoms with Gasteiger partial charge < -0.3 is 5.32 Å². The first-order valence-electron chi connectivity index (χ1n) is 4.97. The van der Waals surface area contributed by atoms with Crippen LogP contribution in [0.4, 0.5) is 13.2 Å². The van der Waals surface area contributed by atoms with Crippen molar-refractivity contribution in [3.05, 3.63) is 0 Å². The minimum atomic E-state index is -4.08. The molecule has 0 aliphatic heterocycles. The molecular formula is C10H20F3N. The molecule has 0 amide bonds. The molecule has 0 aromatic rings. The minimum Gasteiger partial charge on any atom is -0.313 e. The number of hydrogen-bond donors (Lipinski definition) is 1. The summed E-state index contributed by atoms with van der Waals surface area (Å²) in [5.74, 6) is 0. The van der Waals surface area contributed by atoms with E-state index in [1.54, 1.807) is 0 Å². The molecule has 1 nitrogen and oxygen atoms in total. The molecule has 4 heteroatoms. The van der Waals surface area contributed by atoms with E-state index in [1.807, 2.05) is 27.7 Å². The lowest BCUT2D eigenvalue weighted by molar-refractivity contribution is -0.145. The summed E-state index contributed by atoms with van der Waals surface area (Å²) in [7, 11) is 0. The molecule has 0 rings (SSSR count). The van der Waals surface area contributed by atoms with Crippen LogP contribution in [0.25, 0.3) is 0 Å². The molecule has 14 heavy (non-hydrogen) atoms. The van der Waals surface area contributed by atoms with E-state index in [0.717, 1.165) is 6.42 Å². The molecule has 0 aliphatic carbocycles. The Balaban J connectivity index is 4.26. The van der Waals surface area contributed by atoms with Crippen molar-refractivity contribution in [2.24, 2.45) is 5.41 Å². The van der Waals surface area contributed by atoms with E-state index < -0.39 is 18.6 Å². The minimum absolute atomic E-state index is 0.356. The molecule has 0 spiro atoms. The number of nitrogens with one attached hydrogen (secondary N) is 1. The van der Waals surface area contributed by atoms with Gasteiger partial charge in [0.1, 0.15) is 0 Å². The van der Waals surface area contributed by atoms with Crippen molar-refractivity contribution in [1.29, 1.82) is 0 Å². The van der Waals surface area contributed by atoms with Crippen LogP contribution in [0, 0.1) is 5.41 Å². The van der Waals surface area contributed by atoms with Gasteiger partial charge in [0.25, 0.3) is 0 Å². The lowest BCUT2D eigenvalue weighted by atomic mass is 9.84. The molecule has 1 atom stereocenters. The smallest absolute Gasteiger partial charge is 0.313 e. The van der Waals surface area contributed by atoms with Gasteiger partial charge in [-0.1, -0.05) is 27.7 Å². The largest absolute Gasteiger partial charge is 0.390 e. The van der Waals surface area contributed by atoms with Gasteiger partial charge in [0.2, 0.25) is 0 Å². The van der Waals surface area contributed by atoms with Gasteiger partial charge in [-0.25, -0.2) is 0 Å². The van der Waals surface area contributed by atoms with Crippen LogP contribution in [0.2, 0.25) is 0 Å². The van der Waals surface area contributed by atoms with Crippen molar-refractivity contribution in [2.75, 3.05) is 6.54 Å². The number of halogens is 3. The fourth-order valence-electron chi connectivity index (χ4n) is 1.23. The summed E-state index contributed by atoms with van der Waals surface area (Å²) in [5, 5.41) is 2.95. The van der Waals surface area contributed by atoms with Crippen LogP contribution < -0.4 is 5.32 Å². The summed E-state index contributed by atoms with van der Waals surface area (Å²) in [4.78, 5) is 0. The van der Waals surface area contributed by atoms with Gasteiger partial charge >= 0.3 is 6.18 Å². The van der Waals surface area contributed by atoms with Crippen LogP contribution in [-0.2, 0) is 0 Å². The third kappa shape index (κ3) is 6.24. The highest BCUT2D eigenvalue weighted by molar-refractivity contribution is 4.82. The Hall–Kier alpha value is -0.250. The van der Waals surface area contributed by atoms with Crippen molar-refractivity contribution in [1.82, 2.24) is 5.32 Å². The molecule has 0 fully saturated rings. The molecule has 1 unspecified atom stereocenters. The SMILES string of the molecule is CCCNC(CC(F)(F)F)C(C)(C)C. The first kappa shape index (κ1) is 13.8. The maximum atomic E-state index is 12.2. The van der Waals surface area contributed by atoms with Gasteiger partial charge in [-0.2, -0.15) is 13.2 Å². The molecular weight excluding hydrogens is 191 g/mol. The third-order valence-electron chi connectivity index (χ3n) is 2.12. The first-order chi connectivity index (χ1) is 6.17. The summed E-state index contributed by atoms with van der Waals surface area (Å²) in [6, 6.07) is -0.498. The standard InChI is InChI=1S/C10H20F3N/c1-5-6-14-8(9(2,3)4)7-10(11,12)13/h8,14H,5-7H2,1-4H3. The molecule has 0 bridgehead atoms. The molecule has 0 radical (unpaired) electrons. The molecule has 0 heterocycles. The van der Waals surface area contributed by atoms with Crippen LogP contribution >= 0.6 is 0 Å². The van der Waals surface area contributed by atoms with E-state index in [0.29, 0.717) is 6.54 Å². The summed E-state index contributed by atoms with van der Waals surface area (Å²) >= 11 is 0. The van der Waals surface area contributed by atoms with Crippen molar-refractivity contribution >= 4 is 0 Å². The monoisotopic (exact) mass is 211 g/mol. The maximum absolute atomic E-state index is 12.2. The summed E-state index contributed by atoms with van der Waals surface area (Å²) in [6.45, 7) is 8.06. The second-order valence-electron chi connectivity index (χ2n) is 4.69. The molecule has 86 valence electrons. The highest BCUT2D eigenvalue weighted by Gasteiger charge is 2.36. The second-order valence-corrected chi connectivity index (χ2v) is 4.69. The van der Waals surface area contributed by atoms with Crippen molar-refractivity contribution in [3.8, 4) is 0 Å². The number of hydrogen-bond acceptors (Lipinski definition) is 1. The van der Waals surface area contributed by atoms with Gasteiger partial charge in [-0.05, 0) is 18.4 Å². The number of rotatable bonds is 4. The molecule has 0 aliphatic rings. The third-order valence-corrected chi connectivity index (χ3v) is 2.12. The van der Waals surface area contributed by atoms with E-state index in [9.17, 15) is 13.2 Å². The Morgan fingerprint density at radius 2 is 1.64 bits per heavy atom. The molecule has 1 N–H and O–H groups in total. The topological polar surface area (TPSA) is 12.0 Å². The lowest BCUT2D eigenvalue weighted by Crippen LogP contribution is -2.43. The van der Waals surface area contributed by atoms with Crippen LogP contribution in [0.15, 0.2) is 0 Å². The zero-order chi connectivity index (χ0) is 11.4. The van der Waals surface area contributed by atoms with Gasteiger partial charge in [0.05, 0.1) is 6.42 Å². The van der Waals surface area contributed by atoms with Crippen molar-refractivity contribution < 1.29 is 13.2 Å². The highest BCUT2D eigenvalue weighted by atomic mass is 19.4. The van der Waals surface area contributed by atoms with Crippen molar-refractivity contribution in [3.63, 3.8) is 0 Å². The zero-order valence-electron chi connectivity index (χ0n) is 9.33. The Labute approximate surface area is 84.1 Å². The highest BCUT2D eigenvalue weighted by Crippen LogP contribution is 2.30. The van der Waals surface area contributed by atoms with E-state index >= 15 is 0 Å². The Kier molecular flexibility index (Phi) is 4.92. The zero-order valence-corrected chi connectivity index (χ0v) is 9.33. The molecule has 0 saturated carbocycles. The molecule has 0 aromatic heterocycles. The summed E-state index contributed by atoms with van der Waals surface area (Å²) in [5.41, 5.74) is -0.356. The average molecular weight is 211 g/mol. The van der Waals surface area contributed by atoms with Gasteiger partial charge in [0, 0.05) is 6.04 Å². The Morgan fingerprint density at radius 1 is 1.14 bits per heavy atom. The lowest BCUT2D eigenvalue weighted by Gasteiger charge is -2.32. The van der Waals surface area contributed by atoms with Gasteiger partial charge in [0.15, 0.2) is 0 Å². The van der Waals surface area contributed by atoms with Crippen molar-refractivity contribution in [2.45, 2.75) is 52.8 Å². The van der Waals surface area contributed by atoms with E-state index in [2.05, 4.69) is 5.32 Å². The van der Waals surface area contributed by atoms with E-state index in [-0.39, 0.29) is 5.41 Å². The fourth-order valence-corrected chi connectivity index (χ4v) is 1.23. The van der Waals surface area contributed by atoms with Crippen LogP contribution in [0.3, 0.4) is 0 Å². The van der Waals surface area contributed by atoms with Crippen LogP contribution in [0.1, 0.15) is 40.5 Å². The molecule has 0 saturated heterocycles.